The molecule has 1 amide bonds. The maximum Gasteiger partial charge on any atom is 0.239 e. The average molecular weight is 247 g/mol. The predicted molar refractivity (Wildman–Crippen MR) is 73.6 cm³/mol. The van der Waals surface area contributed by atoms with Gasteiger partial charge in [-0.2, -0.15) is 0 Å². The van der Waals surface area contributed by atoms with Gasteiger partial charge in [0.2, 0.25) is 5.91 Å². The van der Waals surface area contributed by atoms with Crippen LogP contribution in [0, 0.1) is 6.92 Å². The van der Waals surface area contributed by atoms with E-state index in [1.54, 1.807) is 6.92 Å². The summed E-state index contributed by atoms with van der Waals surface area (Å²) in [4.78, 5) is 16.0. The summed E-state index contributed by atoms with van der Waals surface area (Å²) in [5.74, 6) is 0.0545. The second kappa shape index (κ2) is 5.40. The minimum Gasteiger partial charge on any atom is -0.368 e. The van der Waals surface area contributed by atoms with Gasteiger partial charge in [-0.05, 0) is 31.5 Å². The Hall–Kier alpha value is -1.55. The lowest BCUT2D eigenvalue weighted by atomic mass is 10.2. The molecule has 0 aliphatic carbocycles. The Morgan fingerprint density at radius 1 is 1.28 bits per heavy atom. The van der Waals surface area contributed by atoms with Crippen molar-refractivity contribution in [1.82, 2.24) is 4.90 Å². The molecule has 98 valence electrons. The smallest absolute Gasteiger partial charge is 0.239 e. The van der Waals surface area contributed by atoms with Crippen molar-refractivity contribution in [2.75, 3.05) is 31.1 Å². The quantitative estimate of drug-likeness (QED) is 0.848. The molecule has 1 aromatic rings. The largest absolute Gasteiger partial charge is 0.368 e. The lowest BCUT2D eigenvalue weighted by Gasteiger charge is -2.36. The van der Waals surface area contributed by atoms with Crippen LogP contribution in [0.2, 0.25) is 0 Å². The highest BCUT2D eigenvalue weighted by molar-refractivity contribution is 5.81. The number of nitrogens with zero attached hydrogens (tertiary/aromatic N) is 2. The monoisotopic (exact) mass is 247 g/mol. The topological polar surface area (TPSA) is 49.6 Å². The van der Waals surface area contributed by atoms with E-state index < -0.39 is 6.04 Å². The number of carbonyl (C=O) groups excluding carboxylic acids is 1. The van der Waals surface area contributed by atoms with Gasteiger partial charge in [-0.3, -0.25) is 4.79 Å². The predicted octanol–water partition coefficient (Wildman–Crippen LogP) is 0.991. The maximum absolute atomic E-state index is 11.8. The van der Waals surface area contributed by atoms with Crippen molar-refractivity contribution in [1.29, 1.82) is 0 Å². The Morgan fingerprint density at radius 2 is 1.94 bits per heavy atom. The van der Waals surface area contributed by atoms with Crippen LogP contribution in [-0.2, 0) is 4.79 Å². The number of nitrogens with two attached hydrogens (primary N) is 1. The molecule has 1 aromatic carbocycles. The number of rotatable bonds is 2. The fourth-order valence-electron chi connectivity index (χ4n) is 2.30. The van der Waals surface area contributed by atoms with Gasteiger partial charge >= 0.3 is 0 Å². The lowest BCUT2D eigenvalue weighted by molar-refractivity contribution is -0.132. The zero-order valence-electron chi connectivity index (χ0n) is 11.1. The standard InChI is InChI=1S/C14H21N3O/c1-11-4-3-5-13(10-11)16-6-8-17(9-7-16)14(18)12(2)15/h3-5,10,12H,6-9,15H2,1-2H3/t12-/m1/s1. The van der Waals surface area contributed by atoms with Gasteiger partial charge in [0.15, 0.2) is 0 Å². The molecule has 4 heteroatoms. The van der Waals surface area contributed by atoms with Crippen molar-refractivity contribution in [3.8, 4) is 0 Å². The number of aryl methyl sites for hydroxylation is 1. The summed E-state index contributed by atoms with van der Waals surface area (Å²) < 4.78 is 0. The Labute approximate surface area is 108 Å². The molecule has 1 aliphatic rings. The number of amides is 1. The fourth-order valence-corrected chi connectivity index (χ4v) is 2.30. The van der Waals surface area contributed by atoms with Crippen LogP contribution in [0.5, 0.6) is 0 Å². The molecule has 1 saturated heterocycles. The van der Waals surface area contributed by atoms with Crippen LogP contribution >= 0.6 is 0 Å². The van der Waals surface area contributed by atoms with E-state index in [-0.39, 0.29) is 5.91 Å². The van der Waals surface area contributed by atoms with Crippen molar-refractivity contribution >= 4 is 11.6 Å². The van der Waals surface area contributed by atoms with Gasteiger partial charge in [-0.1, -0.05) is 12.1 Å². The lowest BCUT2D eigenvalue weighted by Crippen LogP contribution is -2.52. The highest BCUT2D eigenvalue weighted by Crippen LogP contribution is 2.17. The van der Waals surface area contributed by atoms with Crippen LogP contribution in [0.25, 0.3) is 0 Å². The van der Waals surface area contributed by atoms with Crippen LogP contribution in [0.4, 0.5) is 5.69 Å². The van der Waals surface area contributed by atoms with Crippen LogP contribution in [0.1, 0.15) is 12.5 Å². The number of hydrogen-bond donors (Lipinski definition) is 1. The third kappa shape index (κ3) is 2.82. The zero-order valence-corrected chi connectivity index (χ0v) is 11.1. The second-order valence-corrected chi connectivity index (χ2v) is 4.94. The number of hydrogen-bond acceptors (Lipinski definition) is 3. The molecule has 2 rings (SSSR count). The minimum absolute atomic E-state index is 0.0545. The van der Waals surface area contributed by atoms with Gasteiger partial charge in [-0.25, -0.2) is 0 Å². The molecule has 0 radical (unpaired) electrons. The molecule has 18 heavy (non-hydrogen) atoms. The zero-order chi connectivity index (χ0) is 13.1. The molecule has 0 saturated carbocycles. The Kier molecular flexibility index (Phi) is 3.87. The van der Waals surface area contributed by atoms with Gasteiger partial charge in [0.1, 0.15) is 0 Å². The van der Waals surface area contributed by atoms with Gasteiger partial charge in [-0.15, -0.1) is 0 Å². The summed E-state index contributed by atoms with van der Waals surface area (Å²) >= 11 is 0. The number of piperazine rings is 1. The molecule has 1 atom stereocenters. The van der Waals surface area contributed by atoms with Crippen molar-refractivity contribution < 1.29 is 4.79 Å². The van der Waals surface area contributed by atoms with Crippen molar-refractivity contribution in [3.05, 3.63) is 29.8 Å². The maximum atomic E-state index is 11.8. The summed E-state index contributed by atoms with van der Waals surface area (Å²) in [5, 5.41) is 0. The van der Waals surface area contributed by atoms with Gasteiger partial charge in [0.25, 0.3) is 0 Å². The van der Waals surface area contributed by atoms with E-state index in [1.165, 1.54) is 11.3 Å². The summed E-state index contributed by atoms with van der Waals surface area (Å²) in [6.45, 7) is 7.11. The first-order chi connectivity index (χ1) is 8.58. The summed E-state index contributed by atoms with van der Waals surface area (Å²) in [5.41, 5.74) is 8.13. The van der Waals surface area contributed by atoms with E-state index in [4.69, 9.17) is 5.73 Å². The first kappa shape index (κ1) is 12.9. The summed E-state index contributed by atoms with van der Waals surface area (Å²) in [6, 6.07) is 8.08. The molecule has 0 bridgehead atoms. The van der Waals surface area contributed by atoms with Crippen LogP contribution in [-0.4, -0.2) is 43.0 Å². The van der Waals surface area contributed by atoms with Crippen molar-refractivity contribution in [2.45, 2.75) is 19.9 Å². The molecule has 1 heterocycles. The number of carbonyl (C=O) groups is 1. The van der Waals surface area contributed by atoms with Crippen LogP contribution < -0.4 is 10.6 Å². The van der Waals surface area contributed by atoms with Crippen LogP contribution in [0.3, 0.4) is 0 Å². The molecule has 1 aliphatic heterocycles. The van der Waals surface area contributed by atoms with Crippen LogP contribution in [0.15, 0.2) is 24.3 Å². The SMILES string of the molecule is Cc1cccc(N2CCN(C(=O)[C@@H](C)N)CC2)c1. The molecule has 1 fully saturated rings. The third-order valence-electron chi connectivity index (χ3n) is 3.35. The third-order valence-corrected chi connectivity index (χ3v) is 3.35. The normalized spacial score (nSPS) is 17.7. The number of anilines is 1. The molecular formula is C14H21N3O. The van der Waals surface area contributed by atoms with E-state index in [0.717, 1.165) is 26.2 Å². The summed E-state index contributed by atoms with van der Waals surface area (Å²) in [7, 11) is 0. The Morgan fingerprint density at radius 3 is 2.50 bits per heavy atom. The van der Waals surface area contributed by atoms with Gasteiger partial charge in [0, 0.05) is 31.9 Å². The Bertz CT molecular complexity index is 423. The molecular weight excluding hydrogens is 226 g/mol. The second-order valence-electron chi connectivity index (χ2n) is 4.94. The van der Waals surface area contributed by atoms with Crippen molar-refractivity contribution in [3.63, 3.8) is 0 Å². The molecule has 0 aromatic heterocycles. The number of benzene rings is 1. The fraction of sp³-hybridized carbons (Fsp3) is 0.500. The summed E-state index contributed by atoms with van der Waals surface area (Å²) in [6.07, 6.45) is 0. The molecule has 0 unspecified atom stereocenters. The van der Waals surface area contributed by atoms with E-state index in [0.29, 0.717) is 0 Å². The minimum atomic E-state index is -0.393. The van der Waals surface area contributed by atoms with Crippen molar-refractivity contribution in [2.24, 2.45) is 5.73 Å². The first-order valence-electron chi connectivity index (χ1n) is 6.44. The van der Waals surface area contributed by atoms with E-state index in [9.17, 15) is 4.79 Å². The highest BCUT2D eigenvalue weighted by atomic mass is 16.2. The molecule has 0 spiro atoms. The first-order valence-corrected chi connectivity index (χ1v) is 6.44. The van der Waals surface area contributed by atoms with Gasteiger partial charge < -0.3 is 15.5 Å². The Balaban J connectivity index is 1.96. The van der Waals surface area contributed by atoms with E-state index in [1.807, 2.05) is 4.90 Å². The average Bonchev–Trinajstić information content (AvgIpc) is 2.38. The van der Waals surface area contributed by atoms with E-state index in [2.05, 4.69) is 36.1 Å². The highest BCUT2D eigenvalue weighted by Gasteiger charge is 2.23. The van der Waals surface area contributed by atoms with E-state index >= 15 is 0 Å². The molecule has 4 nitrogen and oxygen atoms in total. The molecule has 2 N–H and O–H groups in total. The van der Waals surface area contributed by atoms with Gasteiger partial charge in [0.05, 0.1) is 6.04 Å².